The zero-order valence-corrected chi connectivity index (χ0v) is 6.32. The molecule has 0 saturated heterocycles. The predicted octanol–water partition coefficient (Wildman–Crippen LogP) is -0.298. The van der Waals surface area contributed by atoms with Crippen LogP contribution in [0.4, 0.5) is 0 Å². The van der Waals surface area contributed by atoms with Crippen molar-refractivity contribution in [3.63, 3.8) is 0 Å². The average molecular weight is 181 g/mol. The van der Waals surface area contributed by atoms with E-state index in [1.807, 2.05) is 0 Å². The Morgan fingerprint density at radius 2 is 1.38 bits per heavy atom. The number of rotatable bonds is 4. The predicted molar refractivity (Wildman–Crippen MR) is 31.5 cm³/mol. The largest absolute Gasteiger partial charge is 0.396 e. The molecule has 4 heteroatoms. The molecule has 2 nitrogen and oxygen atoms in total. The molecule has 0 rings (SSSR count). The molecule has 0 fully saturated rings. The summed E-state index contributed by atoms with van der Waals surface area (Å²) in [7, 11) is 0. The van der Waals surface area contributed by atoms with E-state index >= 15 is 0 Å². The van der Waals surface area contributed by atoms with Gasteiger partial charge in [0.2, 0.25) is 0 Å². The molecule has 0 spiro atoms. The van der Waals surface area contributed by atoms with Crippen LogP contribution in [0.1, 0.15) is 0 Å². The molecular weight excluding hydrogens is 171 g/mol. The fourth-order valence-corrected chi connectivity index (χ4v) is 0.693. The third-order valence-electron chi connectivity index (χ3n) is 0.471. The number of aliphatic hydroxyl groups excluding tert-OH is 2. The van der Waals surface area contributed by atoms with Crippen LogP contribution in [-0.2, 0) is 16.8 Å². The van der Waals surface area contributed by atoms with E-state index in [-0.39, 0.29) is 30.0 Å². The van der Waals surface area contributed by atoms with E-state index in [1.165, 1.54) is 0 Å². The minimum atomic E-state index is 0. The summed E-state index contributed by atoms with van der Waals surface area (Å²) in [5, 5.41) is 16.4. The van der Waals surface area contributed by atoms with Crippen molar-refractivity contribution in [3.8, 4) is 0 Å². The van der Waals surface area contributed by atoms with Crippen LogP contribution < -0.4 is 0 Å². The number of aliphatic hydroxyl groups is 2. The van der Waals surface area contributed by atoms with Gasteiger partial charge >= 0.3 is 0 Å². The molecule has 0 heterocycles. The Balaban J connectivity index is 0. The molecule has 0 aliphatic carbocycles. The molecule has 53 valence electrons. The van der Waals surface area contributed by atoms with Crippen molar-refractivity contribution in [1.29, 1.82) is 0 Å². The van der Waals surface area contributed by atoms with Gasteiger partial charge in [0, 0.05) is 28.3 Å². The summed E-state index contributed by atoms with van der Waals surface area (Å²) in [6.07, 6.45) is 0. The van der Waals surface area contributed by atoms with Gasteiger partial charge < -0.3 is 10.2 Å². The first-order valence-electron chi connectivity index (χ1n) is 2.21. The molecule has 0 aliphatic heterocycles. The van der Waals surface area contributed by atoms with Gasteiger partial charge in [-0.2, -0.15) is 11.8 Å². The molecular formula is C4H10CoO2S. The van der Waals surface area contributed by atoms with Gasteiger partial charge in [0.1, 0.15) is 0 Å². The quantitative estimate of drug-likeness (QED) is 0.585. The summed E-state index contributed by atoms with van der Waals surface area (Å²) < 4.78 is 0. The van der Waals surface area contributed by atoms with E-state index in [9.17, 15) is 0 Å². The molecule has 0 amide bonds. The second kappa shape index (κ2) is 10.7. The smallest absolute Gasteiger partial charge is 0.0521 e. The Bertz CT molecular complexity index is 33.2. The van der Waals surface area contributed by atoms with Crippen molar-refractivity contribution in [3.05, 3.63) is 0 Å². The van der Waals surface area contributed by atoms with Gasteiger partial charge in [-0.3, -0.25) is 0 Å². The molecule has 0 aliphatic rings. The Kier molecular flexibility index (Phi) is 15.5. The standard InChI is InChI=1S/C4H10O2S.Co/c5-1-3-7-4-2-6;/h5-6H,1-4H2;. The van der Waals surface area contributed by atoms with Gasteiger partial charge in [-0.1, -0.05) is 0 Å². The van der Waals surface area contributed by atoms with Gasteiger partial charge in [0.15, 0.2) is 0 Å². The first-order chi connectivity index (χ1) is 3.41. The summed E-state index contributed by atoms with van der Waals surface area (Å²) in [6.45, 7) is 0.426. The molecule has 2 N–H and O–H groups in total. The summed E-state index contributed by atoms with van der Waals surface area (Å²) in [5.41, 5.74) is 0. The van der Waals surface area contributed by atoms with Crippen LogP contribution in [0.2, 0.25) is 0 Å². The average Bonchev–Trinajstić information content (AvgIpc) is 1.69. The maximum atomic E-state index is 8.19. The van der Waals surface area contributed by atoms with Crippen LogP contribution in [0, 0.1) is 0 Å². The Morgan fingerprint density at radius 1 is 1.00 bits per heavy atom. The monoisotopic (exact) mass is 181 g/mol. The molecule has 0 aromatic carbocycles. The third kappa shape index (κ3) is 9.91. The summed E-state index contributed by atoms with van der Waals surface area (Å²) in [4.78, 5) is 0. The second-order valence-electron chi connectivity index (χ2n) is 1.06. The number of thioether (sulfide) groups is 1. The Morgan fingerprint density at radius 3 is 1.62 bits per heavy atom. The Hall–Kier alpha value is 0.776. The van der Waals surface area contributed by atoms with E-state index in [0.717, 1.165) is 11.5 Å². The summed E-state index contributed by atoms with van der Waals surface area (Å²) in [5.74, 6) is 1.47. The minimum Gasteiger partial charge on any atom is -0.396 e. The maximum absolute atomic E-state index is 8.19. The normalized spacial score (nSPS) is 8.25. The van der Waals surface area contributed by atoms with Crippen LogP contribution >= 0.6 is 11.8 Å². The summed E-state index contributed by atoms with van der Waals surface area (Å²) in [6, 6.07) is 0. The molecule has 1 radical (unpaired) electrons. The van der Waals surface area contributed by atoms with Gasteiger partial charge in [-0.25, -0.2) is 0 Å². The number of hydrogen-bond acceptors (Lipinski definition) is 3. The van der Waals surface area contributed by atoms with Crippen LogP contribution in [0.25, 0.3) is 0 Å². The van der Waals surface area contributed by atoms with Crippen molar-refractivity contribution < 1.29 is 27.0 Å². The number of hydrogen-bond donors (Lipinski definition) is 2. The molecule has 0 aromatic rings. The third-order valence-corrected chi connectivity index (χ3v) is 1.41. The molecule has 0 bridgehead atoms. The Labute approximate surface area is 63.9 Å². The maximum Gasteiger partial charge on any atom is 0.0521 e. The molecule has 0 aromatic heterocycles. The van der Waals surface area contributed by atoms with E-state index < -0.39 is 0 Å². The SMILES string of the molecule is OCCSCCO.[Co]. The fourth-order valence-electron chi connectivity index (χ4n) is 0.231. The van der Waals surface area contributed by atoms with Crippen molar-refractivity contribution in [2.45, 2.75) is 0 Å². The summed E-state index contributed by atoms with van der Waals surface area (Å²) >= 11 is 1.55. The van der Waals surface area contributed by atoms with Gasteiger partial charge in [0.05, 0.1) is 13.2 Å². The first-order valence-corrected chi connectivity index (χ1v) is 3.36. The zero-order valence-electron chi connectivity index (χ0n) is 4.46. The van der Waals surface area contributed by atoms with E-state index in [2.05, 4.69) is 0 Å². The molecule has 0 unspecified atom stereocenters. The molecule has 0 saturated carbocycles. The molecule has 8 heavy (non-hydrogen) atoms. The van der Waals surface area contributed by atoms with Crippen molar-refractivity contribution >= 4 is 11.8 Å². The van der Waals surface area contributed by atoms with Crippen molar-refractivity contribution in [2.75, 3.05) is 24.7 Å². The second-order valence-corrected chi connectivity index (χ2v) is 2.28. The van der Waals surface area contributed by atoms with Crippen LogP contribution in [0.15, 0.2) is 0 Å². The van der Waals surface area contributed by atoms with Crippen LogP contribution in [0.5, 0.6) is 0 Å². The van der Waals surface area contributed by atoms with E-state index in [1.54, 1.807) is 11.8 Å². The van der Waals surface area contributed by atoms with Crippen molar-refractivity contribution in [2.24, 2.45) is 0 Å². The molecule has 0 atom stereocenters. The fraction of sp³-hybridized carbons (Fsp3) is 1.00. The first kappa shape index (κ1) is 11.6. The topological polar surface area (TPSA) is 40.5 Å². The van der Waals surface area contributed by atoms with Gasteiger partial charge in [0.25, 0.3) is 0 Å². The zero-order chi connectivity index (χ0) is 5.54. The van der Waals surface area contributed by atoms with Gasteiger partial charge in [-0.15, -0.1) is 0 Å². The van der Waals surface area contributed by atoms with Crippen LogP contribution in [-0.4, -0.2) is 34.9 Å². The minimum absolute atomic E-state index is 0. The van der Waals surface area contributed by atoms with E-state index in [0.29, 0.717) is 0 Å². The van der Waals surface area contributed by atoms with Gasteiger partial charge in [-0.05, 0) is 0 Å². The van der Waals surface area contributed by atoms with Crippen molar-refractivity contribution in [1.82, 2.24) is 0 Å². The van der Waals surface area contributed by atoms with Crippen LogP contribution in [0.3, 0.4) is 0 Å². The van der Waals surface area contributed by atoms with E-state index in [4.69, 9.17) is 10.2 Å².